The summed E-state index contributed by atoms with van der Waals surface area (Å²) in [7, 11) is 1.62. The van der Waals surface area contributed by atoms with Gasteiger partial charge in [0, 0.05) is 32.3 Å². The molecule has 3 aliphatic rings. The number of carbonyl (C=O) groups excluding carboxylic acids is 1. The van der Waals surface area contributed by atoms with Crippen LogP contribution in [0.3, 0.4) is 0 Å². The van der Waals surface area contributed by atoms with Crippen LogP contribution in [0, 0.1) is 0 Å². The molecule has 0 N–H and O–H groups in total. The minimum Gasteiger partial charge on any atom is -0.497 e. The lowest BCUT2D eigenvalue weighted by atomic mass is 10.2. The number of rotatable bonds is 5. The molecule has 0 spiro atoms. The highest BCUT2D eigenvalue weighted by Gasteiger charge is 2.28. The highest BCUT2D eigenvalue weighted by Crippen LogP contribution is 2.20. The van der Waals surface area contributed by atoms with Crippen LogP contribution in [0.4, 0.5) is 0 Å². The molecule has 1 unspecified atom stereocenters. The molecule has 0 radical (unpaired) electrons. The monoisotopic (exact) mass is 383 g/mol. The highest BCUT2D eigenvalue weighted by atomic mass is 16.5. The molecule has 0 aromatic heterocycles. The first kappa shape index (κ1) is 18.3. The van der Waals surface area contributed by atoms with Gasteiger partial charge in [0.25, 0.3) is 5.91 Å². The molecule has 148 valence electrons. The van der Waals surface area contributed by atoms with Gasteiger partial charge in [-0.3, -0.25) is 9.79 Å². The van der Waals surface area contributed by atoms with Crippen molar-refractivity contribution in [2.45, 2.75) is 13.0 Å². The van der Waals surface area contributed by atoms with Crippen LogP contribution < -0.4 is 9.47 Å². The second-order valence-electron chi connectivity index (χ2n) is 7.03. The number of nitrogens with zero attached hydrogens (tertiary/aromatic N) is 5. The lowest BCUT2D eigenvalue weighted by Crippen LogP contribution is -2.50. The van der Waals surface area contributed by atoms with Gasteiger partial charge in [-0.1, -0.05) is 0 Å². The Morgan fingerprint density at radius 1 is 1.14 bits per heavy atom. The quantitative estimate of drug-likeness (QED) is 0.764. The van der Waals surface area contributed by atoms with Crippen LogP contribution in [0.25, 0.3) is 0 Å². The molecule has 1 aromatic rings. The third-order valence-electron chi connectivity index (χ3n) is 5.21. The molecule has 3 heterocycles. The molecule has 1 atom stereocenters. The highest BCUT2D eigenvalue weighted by molar-refractivity contribution is 6.03. The summed E-state index contributed by atoms with van der Waals surface area (Å²) in [4.78, 5) is 27.7. The Hall–Kier alpha value is -3.03. The van der Waals surface area contributed by atoms with Gasteiger partial charge >= 0.3 is 0 Å². The van der Waals surface area contributed by atoms with E-state index in [1.165, 1.54) is 0 Å². The maximum absolute atomic E-state index is 12.5. The average molecular weight is 383 g/mol. The van der Waals surface area contributed by atoms with E-state index in [4.69, 9.17) is 9.47 Å². The van der Waals surface area contributed by atoms with Gasteiger partial charge in [0.1, 0.15) is 23.2 Å². The van der Waals surface area contributed by atoms with Crippen molar-refractivity contribution in [3.05, 3.63) is 36.2 Å². The number of hydrogen-bond acceptors (Lipinski definition) is 7. The summed E-state index contributed by atoms with van der Waals surface area (Å²) in [5.74, 6) is 3.31. The van der Waals surface area contributed by atoms with Gasteiger partial charge < -0.3 is 24.2 Å². The van der Waals surface area contributed by atoms with Gasteiger partial charge in [0.15, 0.2) is 6.61 Å². The van der Waals surface area contributed by atoms with Crippen molar-refractivity contribution in [3.63, 3.8) is 0 Å². The van der Waals surface area contributed by atoms with Crippen molar-refractivity contribution >= 4 is 18.1 Å². The number of piperazine rings is 1. The second-order valence-corrected chi connectivity index (χ2v) is 7.03. The van der Waals surface area contributed by atoms with E-state index in [-0.39, 0.29) is 12.5 Å². The van der Waals surface area contributed by atoms with Crippen molar-refractivity contribution in [1.29, 1.82) is 0 Å². The van der Waals surface area contributed by atoms with Crippen molar-refractivity contribution < 1.29 is 14.3 Å². The van der Waals surface area contributed by atoms with Crippen LogP contribution in [-0.4, -0.2) is 85.3 Å². The van der Waals surface area contributed by atoms with Crippen molar-refractivity contribution in [1.82, 2.24) is 14.7 Å². The van der Waals surface area contributed by atoms with Crippen LogP contribution >= 0.6 is 0 Å². The lowest BCUT2D eigenvalue weighted by Gasteiger charge is -2.37. The van der Waals surface area contributed by atoms with E-state index in [9.17, 15) is 4.79 Å². The zero-order valence-corrected chi connectivity index (χ0v) is 16.2. The number of amidine groups is 1. The number of aliphatic imine (C=N–C) groups is 2. The largest absolute Gasteiger partial charge is 0.497 e. The first-order chi connectivity index (χ1) is 13.6. The summed E-state index contributed by atoms with van der Waals surface area (Å²) in [6.07, 6.45) is 3.90. The van der Waals surface area contributed by atoms with E-state index in [0.717, 1.165) is 37.0 Å². The average Bonchev–Trinajstić information content (AvgIpc) is 3.12. The Balaban J connectivity index is 1.26. The Kier molecular flexibility index (Phi) is 5.18. The van der Waals surface area contributed by atoms with E-state index < -0.39 is 0 Å². The van der Waals surface area contributed by atoms with Crippen LogP contribution in [0.5, 0.6) is 11.5 Å². The fourth-order valence-electron chi connectivity index (χ4n) is 3.45. The van der Waals surface area contributed by atoms with Crippen LogP contribution in [-0.2, 0) is 4.79 Å². The molecule has 3 aliphatic heterocycles. The van der Waals surface area contributed by atoms with Gasteiger partial charge in [0.2, 0.25) is 0 Å². The standard InChI is InChI=1S/C20H25N5O3/c1-15-12-21-19-11-18(22-14-25(15)19)23-7-9-24(10-8-23)20(26)13-28-17-5-3-16(27-2)4-6-17/h3-6,11,14-15H,7-10,12-13H2,1-2H3. The Morgan fingerprint density at radius 3 is 2.57 bits per heavy atom. The normalized spacial score (nSPS) is 21.2. The number of fused-ring (bicyclic) bond motifs is 1. The Labute approximate surface area is 164 Å². The smallest absolute Gasteiger partial charge is 0.260 e. The number of methoxy groups -OCH3 is 1. The molecule has 1 amide bonds. The number of amides is 1. The zero-order chi connectivity index (χ0) is 19.5. The number of hydrogen-bond donors (Lipinski definition) is 0. The van der Waals surface area contributed by atoms with E-state index in [1.54, 1.807) is 19.2 Å². The molecule has 8 nitrogen and oxygen atoms in total. The van der Waals surface area contributed by atoms with Gasteiger partial charge in [-0.2, -0.15) is 0 Å². The van der Waals surface area contributed by atoms with Crippen LogP contribution in [0.1, 0.15) is 6.92 Å². The van der Waals surface area contributed by atoms with Crippen molar-refractivity contribution in [2.24, 2.45) is 9.98 Å². The summed E-state index contributed by atoms with van der Waals surface area (Å²) in [6.45, 7) is 5.80. The molecular formula is C20H25N5O3. The number of carbonyl (C=O) groups is 1. The van der Waals surface area contributed by atoms with Gasteiger partial charge in [-0.15, -0.1) is 0 Å². The topological polar surface area (TPSA) is 70.0 Å². The molecule has 4 rings (SSSR count). The predicted molar refractivity (Wildman–Crippen MR) is 107 cm³/mol. The van der Waals surface area contributed by atoms with E-state index in [1.807, 2.05) is 29.4 Å². The van der Waals surface area contributed by atoms with E-state index >= 15 is 0 Å². The maximum atomic E-state index is 12.5. The third kappa shape index (κ3) is 3.81. The molecule has 28 heavy (non-hydrogen) atoms. The second kappa shape index (κ2) is 7.92. The predicted octanol–water partition coefficient (Wildman–Crippen LogP) is 1.20. The van der Waals surface area contributed by atoms with Crippen LogP contribution in [0.2, 0.25) is 0 Å². The van der Waals surface area contributed by atoms with E-state index in [0.29, 0.717) is 24.9 Å². The number of ether oxygens (including phenoxy) is 2. The SMILES string of the molecule is COc1ccc(OCC(=O)N2CCN(C3=CC4=NCC(C)N4C=N3)CC2)cc1. The summed E-state index contributed by atoms with van der Waals surface area (Å²) < 4.78 is 10.7. The molecule has 8 heteroatoms. The molecule has 0 saturated carbocycles. The molecule has 1 fully saturated rings. The van der Waals surface area contributed by atoms with Gasteiger partial charge in [0.05, 0.1) is 26.0 Å². The summed E-state index contributed by atoms with van der Waals surface area (Å²) in [5, 5.41) is 0. The summed E-state index contributed by atoms with van der Waals surface area (Å²) >= 11 is 0. The van der Waals surface area contributed by atoms with Crippen molar-refractivity contribution in [2.75, 3.05) is 46.4 Å². The first-order valence-electron chi connectivity index (χ1n) is 9.52. The maximum Gasteiger partial charge on any atom is 0.260 e. The Morgan fingerprint density at radius 2 is 1.86 bits per heavy atom. The lowest BCUT2D eigenvalue weighted by molar-refractivity contribution is -0.134. The molecule has 1 saturated heterocycles. The van der Waals surface area contributed by atoms with Crippen LogP contribution in [0.15, 0.2) is 46.1 Å². The van der Waals surface area contributed by atoms with Crippen molar-refractivity contribution in [3.8, 4) is 11.5 Å². The minimum absolute atomic E-state index is 0.00300. The molecule has 0 aliphatic carbocycles. The zero-order valence-electron chi connectivity index (χ0n) is 16.2. The van der Waals surface area contributed by atoms with E-state index in [2.05, 4.69) is 26.7 Å². The number of benzene rings is 1. The minimum atomic E-state index is -0.00300. The Bertz CT molecular complexity index is 810. The molecule has 1 aromatic carbocycles. The summed E-state index contributed by atoms with van der Waals surface area (Å²) in [5.41, 5.74) is 0. The fourth-order valence-corrected chi connectivity index (χ4v) is 3.45. The van der Waals surface area contributed by atoms with Gasteiger partial charge in [-0.25, -0.2) is 4.99 Å². The fraction of sp³-hybridized carbons (Fsp3) is 0.450. The third-order valence-corrected chi connectivity index (χ3v) is 5.21. The first-order valence-corrected chi connectivity index (χ1v) is 9.52. The summed E-state index contributed by atoms with van der Waals surface area (Å²) in [6, 6.07) is 7.60. The molecule has 0 bridgehead atoms. The molecular weight excluding hydrogens is 358 g/mol. The van der Waals surface area contributed by atoms with Gasteiger partial charge in [-0.05, 0) is 31.2 Å².